The summed E-state index contributed by atoms with van der Waals surface area (Å²) in [5.41, 5.74) is 5.34. The second-order valence-electron chi connectivity index (χ2n) is 4.11. The maximum absolute atomic E-state index is 11.7. The van der Waals surface area contributed by atoms with Crippen LogP contribution < -0.4 is 5.43 Å². The summed E-state index contributed by atoms with van der Waals surface area (Å²) in [5, 5.41) is 4.05. The third-order valence-corrected chi connectivity index (χ3v) is 3.02. The number of nitrogens with zero attached hydrogens (tertiary/aromatic N) is 1. The van der Waals surface area contributed by atoms with Gasteiger partial charge in [-0.3, -0.25) is 4.79 Å². The first-order valence-electron chi connectivity index (χ1n) is 5.73. The smallest absolute Gasteiger partial charge is 0.307 e. The van der Waals surface area contributed by atoms with Gasteiger partial charge in [-0.05, 0) is 47.5 Å². The lowest BCUT2D eigenvalue weighted by Gasteiger charge is -2.02. The van der Waals surface area contributed by atoms with Gasteiger partial charge in [0.25, 0.3) is 0 Å². The average molecular weight is 321 g/mol. The van der Waals surface area contributed by atoms with E-state index in [1.165, 1.54) is 5.56 Å². The molecule has 0 bridgehead atoms. The molecule has 0 saturated heterocycles. The van der Waals surface area contributed by atoms with Crippen LogP contribution >= 0.6 is 15.9 Å². The molecule has 0 unspecified atom stereocenters. The van der Waals surface area contributed by atoms with Crippen molar-refractivity contribution in [1.82, 2.24) is 5.43 Å². The van der Waals surface area contributed by atoms with Gasteiger partial charge in [0, 0.05) is 0 Å². The van der Waals surface area contributed by atoms with E-state index in [4.69, 9.17) is 4.42 Å². The summed E-state index contributed by atoms with van der Waals surface area (Å²) in [6.45, 7) is 3.86. The van der Waals surface area contributed by atoms with E-state index in [9.17, 15) is 4.79 Å². The van der Waals surface area contributed by atoms with E-state index >= 15 is 0 Å². The highest BCUT2D eigenvalue weighted by Crippen LogP contribution is 2.13. The number of halogens is 1. The molecule has 0 fully saturated rings. The van der Waals surface area contributed by atoms with Gasteiger partial charge in [-0.2, -0.15) is 5.10 Å². The van der Waals surface area contributed by atoms with E-state index in [0.717, 1.165) is 11.3 Å². The number of furan rings is 1. The van der Waals surface area contributed by atoms with Crippen LogP contribution in [0.15, 0.2) is 50.6 Å². The van der Waals surface area contributed by atoms with Crippen LogP contribution in [-0.4, -0.2) is 11.6 Å². The average Bonchev–Trinajstić information content (AvgIpc) is 2.83. The van der Waals surface area contributed by atoms with Gasteiger partial charge in [0.05, 0.1) is 5.71 Å². The van der Waals surface area contributed by atoms with Crippen molar-refractivity contribution >= 4 is 27.5 Å². The Labute approximate surface area is 119 Å². The summed E-state index contributed by atoms with van der Waals surface area (Å²) in [6, 6.07) is 11.2. The van der Waals surface area contributed by atoms with Crippen LogP contribution in [0.4, 0.5) is 0 Å². The summed E-state index contributed by atoms with van der Waals surface area (Å²) in [7, 11) is 0. The summed E-state index contributed by atoms with van der Waals surface area (Å²) in [6.07, 6.45) is 0. The molecule has 1 heterocycles. The van der Waals surface area contributed by atoms with Crippen molar-refractivity contribution in [3.8, 4) is 0 Å². The lowest BCUT2D eigenvalue weighted by atomic mass is 10.1. The molecule has 98 valence electrons. The number of carbonyl (C=O) groups excluding carboxylic acids is 1. The lowest BCUT2D eigenvalue weighted by Crippen LogP contribution is -2.18. The second-order valence-corrected chi connectivity index (χ2v) is 4.89. The molecule has 1 N–H and O–H groups in total. The largest absolute Gasteiger partial charge is 0.444 e. The first kappa shape index (κ1) is 13.5. The molecular formula is C14H13BrN2O2. The molecule has 0 saturated carbocycles. The van der Waals surface area contributed by atoms with Crippen molar-refractivity contribution in [2.24, 2.45) is 5.10 Å². The van der Waals surface area contributed by atoms with E-state index in [2.05, 4.69) is 26.5 Å². The first-order valence-corrected chi connectivity index (χ1v) is 6.52. The topological polar surface area (TPSA) is 54.6 Å². The maximum Gasteiger partial charge on any atom is 0.307 e. The molecule has 4 nitrogen and oxygen atoms in total. The fourth-order valence-electron chi connectivity index (χ4n) is 1.49. The summed E-state index contributed by atoms with van der Waals surface area (Å²) in [5.74, 6) is -0.163. The van der Waals surface area contributed by atoms with Crippen LogP contribution in [0.1, 0.15) is 28.6 Å². The number of rotatable bonds is 3. The monoisotopic (exact) mass is 320 g/mol. The minimum atomic E-state index is -0.378. The first-order chi connectivity index (χ1) is 9.06. The van der Waals surface area contributed by atoms with Gasteiger partial charge in [0.2, 0.25) is 0 Å². The van der Waals surface area contributed by atoms with E-state index in [-0.39, 0.29) is 11.7 Å². The minimum Gasteiger partial charge on any atom is -0.444 e. The Morgan fingerprint density at radius 3 is 2.47 bits per heavy atom. The Hall–Kier alpha value is -1.88. The Morgan fingerprint density at radius 2 is 1.89 bits per heavy atom. The summed E-state index contributed by atoms with van der Waals surface area (Å²) < 4.78 is 5.65. The number of nitrogens with one attached hydrogen (secondary N) is 1. The zero-order chi connectivity index (χ0) is 13.8. The van der Waals surface area contributed by atoms with Gasteiger partial charge in [-0.25, -0.2) is 5.43 Å². The summed E-state index contributed by atoms with van der Waals surface area (Å²) >= 11 is 3.14. The van der Waals surface area contributed by atoms with E-state index in [1.807, 2.05) is 38.1 Å². The number of carbonyl (C=O) groups is 1. The van der Waals surface area contributed by atoms with Crippen LogP contribution in [0, 0.1) is 6.92 Å². The molecule has 1 amide bonds. The number of hydrogen-bond acceptors (Lipinski definition) is 3. The van der Waals surface area contributed by atoms with E-state index in [0.29, 0.717) is 4.67 Å². The number of amides is 1. The van der Waals surface area contributed by atoms with Crippen molar-refractivity contribution in [2.75, 3.05) is 0 Å². The predicted octanol–water partition coefficient (Wildman–Crippen LogP) is 3.50. The Bertz CT molecular complexity index is 615. The molecule has 1 aromatic carbocycles. The Morgan fingerprint density at radius 1 is 1.21 bits per heavy atom. The third-order valence-electron chi connectivity index (χ3n) is 2.59. The van der Waals surface area contributed by atoms with Crippen molar-refractivity contribution < 1.29 is 9.21 Å². The zero-order valence-electron chi connectivity index (χ0n) is 10.6. The lowest BCUT2D eigenvalue weighted by molar-refractivity contribution is 0.0926. The van der Waals surface area contributed by atoms with E-state index in [1.54, 1.807) is 12.1 Å². The summed E-state index contributed by atoms with van der Waals surface area (Å²) in [4.78, 5) is 11.7. The molecule has 0 radical (unpaired) electrons. The number of hydrazone groups is 1. The SMILES string of the molecule is CC(=NNC(=O)c1ccc(Br)o1)c1ccc(C)cc1. The van der Waals surface area contributed by atoms with Gasteiger partial charge in [0.15, 0.2) is 10.4 Å². The highest BCUT2D eigenvalue weighted by atomic mass is 79.9. The third kappa shape index (κ3) is 3.54. The van der Waals surface area contributed by atoms with Gasteiger partial charge >= 0.3 is 5.91 Å². The molecule has 0 aliphatic carbocycles. The zero-order valence-corrected chi connectivity index (χ0v) is 12.2. The fraction of sp³-hybridized carbons (Fsp3) is 0.143. The van der Waals surface area contributed by atoms with Crippen LogP contribution in [0.25, 0.3) is 0 Å². The van der Waals surface area contributed by atoms with Crippen molar-refractivity contribution in [1.29, 1.82) is 0 Å². The normalized spacial score (nSPS) is 11.4. The molecule has 0 aliphatic rings. The van der Waals surface area contributed by atoms with Gasteiger partial charge in [-0.15, -0.1) is 0 Å². The Kier molecular flexibility index (Phi) is 4.16. The quantitative estimate of drug-likeness (QED) is 0.695. The molecule has 5 heteroatoms. The Balaban J connectivity index is 2.06. The standard InChI is InChI=1S/C14H13BrN2O2/c1-9-3-5-11(6-4-9)10(2)16-17-14(18)12-7-8-13(15)19-12/h3-8H,1-2H3,(H,17,18). The molecule has 0 spiro atoms. The highest BCUT2D eigenvalue weighted by Gasteiger charge is 2.09. The van der Waals surface area contributed by atoms with Crippen LogP contribution in [-0.2, 0) is 0 Å². The predicted molar refractivity (Wildman–Crippen MR) is 77.3 cm³/mol. The van der Waals surface area contributed by atoms with Gasteiger partial charge in [-0.1, -0.05) is 29.8 Å². The molecule has 19 heavy (non-hydrogen) atoms. The van der Waals surface area contributed by atoms with Crippen LogP contribution in [0.5, 0.6) is 0 Å². The number of benzene rings is 1. The van der Waals surface area contributed by atoms with Crippen LogP contribution in [0.3, 0.4) is 0 Å². The minimum absolute atomic E-state index is 0.215. The molecule has 0 atom stereocenters. The number of aryl methyl sites for hydroxylation is 1. The fourth-order valence-corrected chi connectivity index (χ4v) is 1.79. The van der Waals surface area contributed by atoms with Gasteiger partial charge in [0.1, 0.15) is 0 Å². The number of hydrogen-bond donors (Lipinski definition) is 1. The molecule has 1 aromatic heterocycles. The second kappa shape index (κ2) is 5.84. The van der Waals surface area contributed by atoms with Crippen molar-refractivity contribution in [3.05, 3.63) is 58.0 Å². The maximum atomic E-state index is 11.7. The molecule has 2 rings (SSSR count). The molecular weight excluding hydrogens is 308 g/mol. The van der Waals surface area contributed by atoms with Crippen molar-refractivity contribution in [2.45, 2.75) is 13.8 Å². The van der Waals surface area contributed by atoms with Crippen LogP contribution in [0.2, 0.25) is 0 Å². The molecule has 2 aromatic rings. The van der Waals surface area contributed by atoms with Crippen molar-refractivity contribution in [3.63, 3.8) is 0 Å². The highest BCUT2D eigenvalue weighted by molar-refractivity contribution is 9.10. The van der Waals surface area contributed by atoms with E-state index < -0.39 is 0 Å². The van der Waals surface area contributed by atoms with Gasteiger partial charge < -0.3 is 4.42 Å². The molecule has 0 aliphatic heterocycles.